The Hall–Kier alpha value is -1.39. The Morgan fingerprint density at radius 1 is 1.50 bits per heavy atom. The molecule has 1 heterocycles. The van der Waals surface area contributed by atoms with E-state index in [1.54, 1.807) is 0 Å². The number of hydrogen-bond acceptors (Lipinski definition) is 3. The van der Waals surface area contributed by atoms with Gasteiger partial charge in [-0.05, 0) is 25.2 Å². The number of nitrogens with zero attached hydrogens (tertiary/aromatic N) is 3. The predicted molar refractivity (Wildman–Crippen MR) is 57.9 cm³/mol. The number of hydrogen-bond donors (Lipinski definition) is 1. The van der Waals surface area contributed by atoms with Gasteiger partial charge in [0, 0.05) is 5.92 Å². The molecule has 1 amide bonds. The molecular formula is C11H16N4O. The normalized spacial score (nSPS) is 28.8. The highest BCUT2D eigenvalue weighted by molar-refractivity contribution is 5.92. The maximum atomic E-state index is 11.3. The average molecular weight is 220 g/mol. The lowest BCUT2D eigenvalue weighted by Gasteiger charge is -2.26. The van der Waals surface area contributed by atoms with Crippen LogP contribution in [0.2, 0.25) is 0 Å². The molecule has 2 aliphatic rings. The molecule has 2 aliphatic carbocycles. The minimum atomic E-state index is -0.443. The summed E-state index contributed by atoms with van der Waals surface area (Å²) in [6, 6.07) is 0.441. The number of carbonyl (C=O) groups excluding carboxylic acids is 1. The van der Waals surface area contributed by atoms with Crippen LogP contribution in [0.5, 0.6) is 0 Å². The summed E-state index contributed by atoms with van der Waals surface area (Å²) < 4.78 is 1.95. The number of rotatable bonds is 3. The quantitative estimate of drug-likeness (QED) is 0.832. The van der Waals surface area contributed by atoms with E-state index in [0.717, 1.165) is 25.0 Å². The van der Waals surface area contributed by atoms with Gasteiger partial charge in [-0.1, -0.05) is 18.6 Å². The lowest BCUT2D eigenvalue weighted by molar-refractivity contribution is 0.0993. The molecule has 5 nitrogen and oxygen atoms in total. The van der Waals surface area contributed by atoms with Gasteiger partial charge in [0.1, 0.15) is 0 Å². The van der Waals surface area contributed by atoms with Gasteiger partial charge in [0.2, 0.25) is 0 Å². The molecule has 16 heavy (non-hydrogen) atoms. The van der Waals surface area contributed by atoms with Gasteiger partial charge in [-0.25, -0.2) is 4.68 Å². The summed E-state index contributed by atoms with van der Waals surface area (Å²) >= 11 is 0. The maximum absolute atomic E-state index is 11.3. The first-order valence-corrected chi connectivity index (χ1v) is 5.93. The van der Waals surface area contributed by atoms with Crippen LogP contribution >= 0.6 is 0 Å². The molecule has 0 saturated heterocycles. The zero-order chi connectivity index (χ0) is 11.3. The van der Waals surface area contributed by atoms with Gasteiger partial charge < -0.3 is 5.73 Å². The fourth-order valence-corrected chi connectivity index (χ4v) is 2.43. The van der Waals surface area contributed by atoms with E-state index in [2.05, 4.69) is 17.2 Å². The molecule has 0 spiro atoms. The van der Waals surface area contributed by atoms with Crippen LogP contribution < -0.4 is 5.73 Å². The largest absolute Gasteiger partial charge is 0.364 e. The van der Waals surface area contributed by atoms with Crippen LogP contribution in [-0.2, 0) is 0 Å². The van der Waals surface area contributed by atoms with Crippen LogP contribution in [0, 0.1) is 5.92 Å². The van der Waals surface area contributed by atoms with E-state index in [4.69, 9.17) is 5.73 Å². The second-order valence-corrected chi connectivity index (χ2v) is 5.04. The first-order chi connectivity index (χ1) is 7.68. The third kappa shape index (κ3) is 1.34. The third-order valence-corrected chi connectivity index (χ3v) is 3.84. The van der Waals surface area contributed by atoms with Crippen LogP contribution in [-0.4, -0.2) is 20.9 Å². The van der Waals surface area contributed by atoms with Crippen LogP contribution in [0.15, 0.2) is 0 Å². The van der Waals surface area contributed by atoms with Crippen molar-refractivity contribution in [1.29, 1.82) is 0 Å². The lowest BCUT2D eigenvalue weighted by Crippen LogP contribution is -2.21. The van der Waals surface area contributed by atoms with E-state index in [0.29, 0.717) is 23.6 Å². The smallest absolute Gasteiger partial charge is 0.271 e. The molecule has 0 aliphatic heterocycles. The van der Waals surface area contributed by atoms with Gasteiger partial charge in [0.15, 0.2) is 5.69 Å². The lowest BCUT2D eigenvalue weighted by atomic mass is 9.82. The van der Waals surface area contributed by atoms with Gasteiger partial charge in [0.05, 0.1) is 11.7 Å². The molecule has 0 aromatic carbocycles. The molecule has 0 radical (unpaired) electrons. The topological polar surface area (TPSA) is 73.8 Å². The molecule has 1 aromatic heterocycles. The summed E-state index contributed by atoms with van der Waals surface area (Å²) in [5, 5.41) is 8.07. The SMILES string of the molecule is CC1CC1n1nnc(C(N)=O)c1C1CCC1. The summed E-state index contributed by atoms with van der Waals surface area (Å²) in [5.41, 5.74) is 6.73. The summed E-state index contributed by atoms with van der Waals surface area (Å²) in [6.07, 6.45) is 4.64. The zero-order valence-corrected chi connectivity index (χ0v) is 9.39. The van der Waals surface area contributed by atoms with Crippen LogP contribution in [0.1, 0.15) is 60.7 Å². The van der Waals surface area contributed by atoms with E-state index < -0.39 is 5.91 Å². The first kappa shape index (κ1) is 9.81. The van der Waals surface area contributed by atoms with Crippen molar-refractivity contribution < 1.29 is 4.79 Å². The molecule has 86 valence electrons. The molecule has 2 N–H and O–H groups in total. The average Bonchev–Trinajstić information content (AvgIpc) is 2.72. The second kappa shape index (κ2) is 3.30. The Balaban J connectivity index is 2.00. The number of nitrogens with two attached hydrogens (primary N) is 1. The molecule has 0 bridgehead atoms. The van der Waals surface area contributed by atoms with Crippen molar-refractivity contribution in [3.63, 3.8) is 0 Å². The van der Waals surface area contributed by atoms with Crippen molar-refractivity contribution >= 4 is 5.91 Å². The highest BCUT2D eigenvalue weighted by Gasteiger charge is 2.40. The minimum absolute atomic E-state index is 0.392. The third-order valence-electron chi connectivity index (χ3n) is 3.84. The standard InChI is InChI=1S/C11H16N4O/c1-6-5-8(6)15-10(7-3-2-4-7)9(11(12)16)13-14-15/h6-8H,2-5H2,1H3,(H2,12,16). The van der Waals surface area contributed by atoms with Crippen molar-refractivity contribution in [3.05, 3.63) is 11.4 Å². The van der Waals surface area contributed by atoms with E-state index in [1.807, 2.05) is 4.68 Å². The number of aromatic nitrogens is 3. The van der Waals surface area contributed by atoms with Crippen molar-refractivity contribution in [2.75, 3.05) is 0 Å². The summed E-state index contributed by atoms with van der Waals surface area (Å²) in [4.78, 5) is 11.3. The van der Waals surface area contributed by atoms with Crippen molar-refractivity contribution in [3.8, 4) is 0 Å². The van der Waals surface area contributed by atoms with Crippen molar-refractivity contribution in [2.24, 2.45) is 11.7 Å². The highest BCUT2D eigenvalue weighted by atomic mass is 16.1. The Bertz CT molecular complexity index is 435. The van der Waals surface area contributed by atoms with Crippen LogP contribution in [0.25, 0.3) is 0 Å². The van der Waals surface area contributed by atoms with Crippen molar-refractivity contribution in [1.82, 2.24) is 15.0 Å². The molecular weight excluding hydrogens is 204 g/mol. The van der Waals surface area contributed by atoms with E-state index in [9.17, 15) is 4.79 Å². The molecule has 2 saturated carbocycles. The van der Waals surface area contributed by atoms with Gasteiger partial charge in [-0.2, -0.15) is 0 Å². The maximum Gasteiger partial charge on any atom is 0.271 e. The molecule has 3 rings (SSSR count). The monoisotopic (exact) mass is 220 g/mol. The molecule has 5 heteroatoms. The Kier molecular flexibility index (Phi) is 2.02. The molecule has 2 unspecified atom stereocenters. The Labute approximate surface area is 94.0 Å². The summed E-state index contributed by atoms with van der Waals surface area (Å²) in [7, 11) is 0. The minimum Gasteiger partial charge on any atom is -0.364 e. The van der Waals surface area contributed by atoms with Gasteiger partial charge in [-0.15, -0.1) is 5.10 Å². The zero-order valence-electron chi connectivity index (χ0n) is 9.39. The number of amides is 1. The van der Waals surface area contributed by atoms with Gasteiger partial charge in [0.25, 0.3) is 5.91 Å². The van der Waals surface area contributed by atoms with E-state index in [1.165, 1.54) is 6.42 Å². The van der Waals surface area contributed by atoms with Crippen LogP contribution in [0.4, 0.5) is 0 Å². The van der Waals surface area contributed by atoms with Gasteiger partial charge in [-0.3, -0.25) is 4.79 Å². The molecule has 1 aromatic rings. The predicted octanol–water partition coefficient (Wildman–Crippen LogP) is 1.23. The van der Waals surface area contributed by atoms with Crippen LogP contribution in [0.3, 0.4) is 0 Å². The Morgan fingerprint density at radius 2 is 2.19 bits per heavy atom. The number of primary amides is 1. The fourth-order valence-electron chi connectivity index (χ4n) is 2.43. The van der Waals surface area contributed by atoms with Crippen molar-refractivity contribution in [2.45, 2.75) is 44.6 Å². The van der Waals surface area contributed by atoms with E-state index >= 15 is 0 Å². The van der Waals surface area contributed by atoms with E-state index in [-0.39, 0.29) is 0 Å². The molecule has 2 atom stereocenters. The fraction of sp³-hybridized carbons (Fsp3) is 0.727. The summed E-state index contributed by atoms with van der Waals surface area (Å²) in [5.74, 6) is 0.660. The first-order valence-electron chi connectivity index (χ1n) is 5.93. The number of carbonyl (C=O) groups is 1. The highest BCUT2D eigenvalue weighted by Crippen LogP contribution is 2.46. The summed E-state index contributed by atoms with van der Waals surface area (Å²) in [6.45, 7) is 2.20. The van der Waals surface area contributed by atoms with Gasteiger partial charge >= 0.3 is 0 Å². The molecule has 2 fully saturated rings. The second-order valence-electron chi connectivity index (χ2n) is 5.04. The Morgan fingerprint density at radius 3 is 2.62 bits per heavy atom.